The van der Waals surface area contributed by atoms with Crippen molar-refractivity contribution in [3.05, 3.63) is 0 Å². The van der Waals surface area contributed by atoms with Crippen LogP contribution in [0.25, 0.3) is 0 Å². The molecule has 0 amide bonds. The Morgan fingerprint density at radius 3 is 1.75 bits per heavy atom. The van der Waals surface area contributed by atoms with Crippen LogP contribution in [-0.4, -0.2) is 39.9 Å². The maximum Gasteiger partial charge on any atom is 0.500 e. The lowest BCUT2D eigenvalue weighted by Crippen LogP contribution is -2.46. The van der Waals surface area contributed by atoms with Crippen LogP contribution < -0.4 is 0 Å². The Morgan fingerprint density at radius 1 is 1.00 bits per heavy atom. The first-order chi connectivity index (χ1) is 7.64. The summed E-state index contributed by atoms with van der Waals surface area (Å²) in [6.07, 6.45) is 0.761. The molecular weight excluding hydrogens is 267 g/mol. The van der Waals surface area contributed by atoms with Crippen LogP contribution in [0.2, 0.25) is 6.04 Å². The molecule has 98 valence electrons. The minimum Gasteiger partial charge on any atom is -0.374 e. The summed E-state index contributed by atoms with van der Waals surface area (Å²) < 4.78 is 17.1. The molecule has 0 spiro atoms. The van der Waals surface area contributed by atoms with Gasteiger partial charge in [-0.3, -0.25) is 0 Å². The highest BCUT2D eigenvalue weighted by Gasteiger charge is 2.40. The van der Waals surface area contributed by atoms with Crippen LogP contribution in [0.15, 0.2) is 0 Å². The van der Waals surface area contributed by atoms with E-state index in [9.17, 15) is 0 Å². The zero-order valence-corrected chi connectivity index (χ0v) is 12.8. The van der Waals surface area contributed by atoms with Crippen LogP contribution in [0.1, 0.15) is 27.2 Å². The lowest BCUT2D eigenvalue weighted by molar-refractivity contribution is 0.0708. The first kappa shape index (κ1) is 16.7. The summed E-state index contributed by atoms with van der Waals surface area (Å²) in [6, 6.07) is 0.726. The fourth-order valence-electron chi connectivity index (χ4n) is 1.41. The second-order valence-corrected chi connectivity index (χ2v) is 6.93. The summed E-state index contributed by atoms with van der Waals surface area (Å²) in [5.74, 6) is 0.441. The van der Waals surface area contributed by atoms with Gasteiger partial charge in [0.15, 0.2) is 0 Å². The predicted octanol–water partition coefficient (Wildman–Crippen LogP) is 3.27. The third-order valence-electron chi connectivity index (χ3n) is 2.02. The molecule has 0 rings (SSSR count). The number of hydrogen-bond acceptors (Lipinski definition) is 3. The molecule has 0 N–H and O–H groups in total. The minimum atomic E-state index is -2.52. The van der Waals surface area contributed by atoms with Crippen molar-refractivity contribution in [2.45, 2.75) is 38.6 Å². The first-order valence-corrected chi connectivity index (χ1v) is 8.66. The number of alkyl halides is 2. The van der Waals surface area contributed by atoms with Gasteiger partial charge < -0.3 is 13.3 Å². The van der Waals surface area contributed by atoms with Gasteiger partial charge in [0.2, 0.25) is 0 Å². The maximum atomic E-state index is 6.00. The third kappa shape index (κ3) is 6.42. The zero-order chi connectivity index (χ0) is 12.4. The van der Waals surface area contributed by atoms with Crippen molar-refractivity contribution in [2.24, 2.45) is 0 Å². The van der Waals surface area contributed by atoms with Crippen molar-refractivity contribution < 1.29 is 13.3 Å². The van der Waals surface area contributed by atoms with Crippen LogP contribution in [0.4, 0.5) is 0 Å². The highest BCUT2D eigenvalue weighted by Crippen LogP contribution is 2.21. The summed E-state index contributed by atoms with van der Waals surface area (Å²) in [4.78, 5) is 0. The Hall–Kier alpha value is 0.677. The standard InChI is InChI=1S/C10H22Cl2O3Si/c1-4-13-16(14-5-2,15-6-3)8-7-10(12)9-11/h10H,4-9H2,1-3H3. The first-order valence-electron chi connectivity index (χ1n) is 5.76. The van der Waals surface area contributed by atoms with Gasteiger partial charge in [-0.1, -0.05) is 0 Å². The van der Waals surface area contributed by atoms with Crippen molar-refractivity contribution in [2.75, 3.05) is 25.7 Å². The molecule has 0 saturated carbocycles. The van der Waals surface area contributed by atoms with Crippen molar-refractivity contribution in [1.82, 2.24) is 0 Å². The molecule has 0 radical (unpaired) electrons. The molecule has 16 heavy (non-hydrogen) atoms. The fraction of sp³-hybridized carbons (Fsp3) is 1.00. The second-order valence-electron chi connectivity index (χ2n) is 3.27. The fourth-order valence-corrected chi connectivity index (χ4v) is 4.56. The average molecular weight is 289 g/mol. The number of halogens is 2. The molecule has 1 atom stereocenters. The molecule has 6 heteroatoms. The Kier molecular flexibility index (Phi) is 10.1. The summed E-state index contributed by atoms with van der Waals surface area (Å²) >= 11 is 11.7. The molecule has 1 unspecified atom stereocenters. The lowest BCUT2D eigenvalue weighted by Gasteiger charge is -2.28. The van der Waals surface area contributed by atoms with E-state index in [0.717, 1.165) is 12.5 Å². The quantitative estimate of drug-likeness (QED) is 0.456. The predicted molar refractivity (Wildman–Crippen MR) is 70.4 cm³/mol. The molecule has 0 aromatic rings. The molecule has 0 aromatic heterocycles. The largest absolute Gasteiger partial charge is 0.500 e. The van der Waals surface area contributed by atoms with Crippen molar-refractivity contribution in [3.63, 3.8) is 0 Å². The van der Waals surface area contributed by atoms with Gasteiger partial charge in [-0.15, -0.1) is 23.2 Å². The van der Waals surface area contributed by atoms with Crippen LogP contribution in [0.3, 0.4) is 0 Å². The van der Waals surface area contributed by atoms with E-state index in [0.29, 0.717) is 25.7 Å². The van der Waals surface area contributed by atoms with E-state index in [1.54, 1.807) is 0 Å². The maximum absolute atomic E-state index is 6.00. The highest BCUT2D eigenvalue weighted by atomic mass is 35.5. The summed E-state index contributed by atoms with van der Waals surface area (Å²) in [5, 5.41) is -0.0464. The second kappa shape index (κ2) is 9.68. The van der Waals surface area contributed by atoms with Gasteiger partial charge in [0.25, 0.3) is 0 Å². The Balaban J connectivity index is 4.34. The van der Waals surface area contributed by atoms with E-state index in [4.69, 9.17) is 36.5 Å². The minimum absolute atomic E-state index is 0.0464. The highest BCUT2D eigenvalue weighted by molar-refractivity contribution is 6.60. The lowest BCUT2D eigenvalue weighted by atomic mass is 10.4. The van der Waals surface area contributed by atoms with Gasteiger partial charge in [0, 0.05) is 37.1 Å². The Labute approximate surface area is 110 Å². The van der Waals surface area contributed by atoms with Gasteiger partial charge in [-0.25, -0.2) is 0 Å². The summed E-state index contributed by atoms with van der Waals surface area (Å²) in [7, 11) is -2.52. The SMILES string of the molecule is CCO[Si](CCC(Cl)CCl)(OCC)OCC. The monoisotopic (exact) mass is 288 g/mol. The van der Waals surface area contributed by atoms with Crippen LogP contribution in [0.5, 0.6) is 0 Å². The van der Waals surface area contributed by atoms with Crippen LogP contribution in [-0.2, 0) is 13.3 Å². The smallest absolute Gasteiger partial charge is 0.374 e. The van der Waals surface area contributed by atoms with E-state index in [-0.39, 0.29) is 5.38 Å². The van der Waals surface area contributed by atoms with Crippen molar-refractivity contribution in [3.8, 4) is 0 Å². The molecule has 3 nitrogen and oxygen atoms in total. The molecule has 0 aromatic carbocycles. The zero-order valence-electron chi connectivity index (χ0n) is 10.3. The molecule has 0 aliphatic rings. The van der Waals surface area contributed by atoms with Gasteiger partial charge in [0.1, 0.15) is 0 Å². The van der Waals surface area contributed by atoms with Crippen molar-refractivity contribution in [1.29, 1.82) is 0 Å². The summed E-state index contributed by atoms with van der Waals surface area (Å²) in [5.41, 5.74) is 0. The van der Waals surface area contributed by atoms with Gasteiger partial charge in [-0.2, -0.15) is 0 Å². The van der Waals surface area contributed by atoms with Crippen LogP contribution in [0, 0.1) is 0 Å². The molecule has 0 fully saturated rings. The third-order valence-corrected chi connectivity index (χ3v) is 6.01. The molecule has 0 bridgehead atoms. The van der Waals surface area contributed by atoms with E-state index in [2.05, 4.69) is 0 Å². The van der Waals surface area contributed by atoms with E-state index in [1.807, 2.05) is 20.8 Å². The molecular formula is C10H22Cl2O3Si. The Morgan fingerprint density at radius 2 is 1.44 bits per heavy atom. The van der Waals surface area contributed by atoms with E-state index >= 15 is 0 Å². The summed E-state index contributed by atoms with van der Waals surface area (Å²) in [6.45, 7) is 7.62. The molecule has 0 aliphatic heterocycles. The van der Waals surface area contributed by atoms with Gasteiger partial charge in [-0.05, 0) is 27.2 Å². The van der Waals surface area contributed by atoms with Gasteiger partial charge in [0.05, 0.1) is 0 Å². The average Bonchev–Trinajstić information content (AvgIpc) is 2.27. The molecule has 0 saturated heterocycles. The molecule has 0 aliphatic carbocycles. The number of rotatable bonds is 10. The van der Waals surface area contributed by atoms with Crippen LogP contribution >= 0.6 is 23.2 Å². The van der Waals surface area contributed by atoms with E-state index < -0.39 is 8.80 Å². The Bertz CT molecular complexity index is 155. The van der Waals surface area contributed by atoms with Crippen molar-refractivity contribution >= 4 is 32.0 Å². The topological polar surface area (TPSA) is 27.7 Å². The molecule has 0 heterocycles. The number of hydrogen-bond donors (Lipinski definition) is 0. The normalized spacial score (nSPS) is 14.1. The van der Waals surface area contributed by atoms with E-state index in [1.165, 1.54) is 0 Å². The van der Waals surface area contributed by atoms with Gasteiger partial charge >= 0.3 is 8.80 Å².